The molecule has 0 radical (unpaired) electrons. The molecule has 1 amide bonds. The number of thioether (sulfide) groups is 1. The van der Waals surface area contributed by atoms with Gasteiger partial charge in [0.2, 0.25) is 5.13 Å². The number of rotatable bonds is 5. The zero-order valence-electron chi connectivity index (χ0n) is 12.9. The summed E-state index contributed by atoms with van der Waals surface area (Å²) < 4.78 is 0.794. The van der Waals surface area contributed by atoms with Crippen LogP contribution in [-0.2, 0) is 10.5 Å². The highest BCUT2D eigenvalue weighted by Gasteiger charge is 2.37. The fourth-order valence-corrected chi connectivity index (χ4v) is 5.11. The second kappa shape index (κ2) is 6.99. The summed E-state index contributed by atoms with van der Waals surface area (Å²) in [5.74, 6) is 0.114. The number of benzene rings is 1. The number of aliphatic hydroxyl groups is 1. The number of hydrogen-bond acceptors (Lipinski definition) is 7. The van der Waals surface area contributed by atoms with Crippen molar-refractivity contribution in [3.63, 3.8) is 0 Å². The lowest BCUT2D eigenvalue weighted by molar-refractivity contribution is -0.117. The molecular formula is C17H13N3O2S3. The number of nitrogens with zero attached hydrogens (tertiary/aromatic N) is 3. The number of hydrogen-bond donors (Lipinski definition) is 1. The maximum absolute atomic E-state index is 12.3. The molecule has 4 rings (SSSR count). The van der Waals surface area contributed by atoms with Crippen LogP contribution in [0.2, 0.25) is 0 Å². The highest BCUT2D eigenvalue weighted by Crippen LogP contribution is 2.39. The average Bonchev–Trinajstić information content (AvgIpc) is 3.36. The van der Waals surface area contributed by atoms with Crippen molar-refractivity contribution in [2.24, 2.45) is 0 Å². The van der Waals surface area contributed by atoms with Gasteiger partial charge in [-0.15, -0.1) is 21.5 Å². The van der Waals surface area contributed by atoms with Gasteiger partial charge in [-0.1, -0.05) is 59.5 Å². The summed E-state index contributed by atoms with van der Waals surface area (Å²) in [6, 6.07) is 13.7. The molecular weight excluding hydrogens is 374 g/mol. The van der Waals surface area contributed by atoms with Gasteiger partial charge in [0.25, 0.3) is 5.91 Å². The van der Waals surface area contributed by atoms with E-state index in [1.165, 1.54) is 33.1 Å². The van der Waals surface area contributed by atoms with E-state index in [-0.39, 0.29) is 11.8 Å². The SMILES string of the molecule is O=C1C(O)=CC(c2cccs2)N1c1nnc(SCc2ccccc2)s1. The van der Waals surface area contributed by atoms with Crippen molar-refractivity contribution in [1.82, 2.24) is 10.2 Å². The molecule has 1 N–H and O–H groups in total. The van der Waals surface area contributed by atoms with Gasteiger partial charge in [-0.05, 0) is 23.1 Å². The Balaban J connectivity index is 1.53. The predicted octanol–water partition coefficient (Wildman–Crippen LogP) is 4.42. The number of thiophene rings is 1. The standard InChI is InChI=1S/C17H13N3O2S3/c21-13-9-12(14-7-4-8-23-14)20(15(13)22)16-18-19-17(25-16)24-10-11-5-2-1-3-6-11/h1-9,12,21H,10H2. The van der Waals surface area contributed by atoms with Crippen LogP contribution in [0.15, 0.2) is 64.0 Å². The largest absolute Gasteiger partial charge is 0.503 e. The van der Waals surface area contributed by atoms with Gasteiger partial charge < -0.3 is 5.11 Å². The van der Waals surface area contributed by atoms with Gasteiger partial charge in [0.15, 0.2) is 10.1 Å². The van der Waals surface area contributed by atoms with Crippen LogP contribution in [-0.4, -0.2) is 21.2 Å². The van der Waals surface area contributed by atoms with E-state index in [1.807, 2.05) is 35.7 Å². The number of aliphatic hydroxyl groups excluding tert-OH is 1. The van der Waals surface area contributed by atoms with Gasteiger partial charge in [0.1, 0.15) is 0 Å². The van der Waals surface area contributed by atoms with Gasteiger partial charge in [0, 0.05) is 10.6 Å². The lowest BCUT2D eigenvalue weighted by atomic mass is 10.2. The summed E-state index contributed by atoms with van der Waals surface area (Å²) in [6.45, 7) is 0. The molecule has 2 aromatic heterocycles. The third kappa shape index (κ3) is 3.33. The van der Waals surface area contributed by atoms with E-state index in [4.69, 9.17) is 0 Å². The van der Waals surface area contributed by atoms with Crippen molar-refractivity contribution in [2.45, 2.75) is 16.1 Å². The summed E-state index contributed by atoms with van der Waals surface area (Å²) >= 11 is 4.48. The summed E-state index contributed by atoms with van der Waals surface area (Å²) in [6.07, 6.45) is 1.56. The first-order valence-electron chi connectivity index (χ1n) is 7.50. The maximum Gasteiger partial charge on any atom is 0.295 e. The van der Waals surface area contributed by atoms with Gasteiger partial charge in [-0.2, -0.15) is 0 Å². The van der Waals surface area contributed by atoms with Crippen LogP contribution in [0.1, 0.15) is 16.5 Å². The molecule has 5 nitrogen and oxygen atoms in total. The van der Waals surface area contributed by atoms with Crippen molar-refractivity contribution < 1.29 is 9.90 Å². The summed E-state index contributed by atoms with van der Waals surface area (Å²) in [4.78, 5) is 14.8. The monoisotopic (exact) mass is 387 g/mol. The first kappa shape index (κ1) is 16.3. The number of carbonyl (C=O) groups is 1. The Bertz CT molecular complexity index is 906. The van der Waals surface area contributed by atoms with Crippen LogP contribution in [0.4, 0.5) is 5.13 Å². The highest BCUT2D eigenvalue weighted by molar-refractivity contribution is 8.00. The first-order valence-corrected chi connectivity index (χ1v) is 10.2. The minimum atomic E-state index is -0.436. The number of aromatic nitrogens is 2. The molecule has 0 fully saturated rings. The fourth-order valence-electron chi connectivity index (χ4n) is 2.50. The highest BCUT2D eigenvalue weighted by atomic mass is 32.2. The van der Waals surface area contributed by atoms with E-state index >= 15 is 0 Å². The van der Waals surface area contributed by atoms with Gasteiger partial charge in [0.05, 0.1) is 6.04 Å². The Morgan fingerprint density at radius 3 is 2.76 bits per heavy atom. The normalized spacial score (nSPS) is 17.1. The summed E-state index contributed by atoms with van der Waals surface area (Å²) in [7, 11) is 0. The molecule has 1 atom stereocenters. The minimum Gasteiger partial charge on any atom is -0.503 e. The van der Waals surface area contributed by atoms with Crippen LogP contribution in [0.25, 0.3) is 0 Å². The predicted molar refractivity (Wildman–Crippen MR) is 101 cm³/mol. The first-order chi connectivity index (χ1) is 12.2. The molecule has 126 valence electrons. The average molecular weight is 388 g/mol. The molecule has 0 spiro atoms. The molecule has 1 aromatic carbocycles. The van der Waals surface area contributed by atoms with Gasteiger partial charge >= 0.3 is 0 Å². The molecule has 0 aliphatic carbocycles. The quantitative estimate of drug-likeness (QED) is 0.518. The van der Waals surface area contributed by atoms with Crippen molar-refractivity contribution in [1.29, 1.82) is 0 Å². The number of anilines is 1. The van der Waals surface area contributed by atoms with Gasteiger partial charge in [-0.3, -0.25) is 9.69 Å². The number of carbonyl (C=O) groups excluding carboxylic acids is 1. The van der Waals surface area contributed by atoms with Crippen molar-refractivity contribution >= 4 is 45.5 Å². The third-order valence-electron chi connectivity index (χ3n) is 3.67. The molecule has 0 bridgehead atoms. The molecule has 3 aromatic rings. The second-order valence-electron chi connectivity index (χ2n) is 5.31. The van der Waals surface area contributed by atoms with E-state index < -0.39 is 5.91 Å². The Morgan fingerprint density at radius 2 is 2.00 bits per heavy atom. The Morgan fingerprint density at radius 1 is 1.16 bits per heavy atom. The molecule has 8 heteroatoms. The summed E-state index contributed by atoms with van der Waals surface area (Å²) in [5.41, 5.74) is 1.21. The van der Waals surface area contributed by atoms with E-state index in [9.17, 15) is 9.90 Å². The van der Waals surface area contributed by atoms with E-state index in [2.05, 4.69) is 22.3 Å². The zero-order valence-corrected chi connectivity index (χ0v) is 15.4. The molecule has 1 aliphatic heterocycles. The molecule has 1 aliphatic rings. The Labute approximate surface area is 156 Å². The topological polar surface area (TPSA) is 66.3 Å². The van der Waals surface area contributed by atoms with E-state index in [1.54, 1.807) is 17.8 Å². The van der Waals surface area contributed by atoms with Crippen molar-refractivity contribution in [3.05, 3.63) is 70.1 Å². The minimum absolute atomic E-state index is 0.243. The lowest BCUT2D eigenvalue weighted by Gasteiger charge is -2.19. The fraction of sp³-hybridized carbons (Fsp3) is 0.118. The van der Waals surface area contributed by atoms with Crippen LogP contribution < -0.4 is 4.90 Å². The van der Waals surface area contributed by atoms with E-state index in [0.717, 1.165) is 15.0 Å². The molecule has 0 saturated heterocycles. The van der Waals surface area contributed by atoms with Crippen LogP contribution in [0.5, 0.6) is 0 Å². The second-order valence-corrected chi connectivity index (χ2v) is 8.47. The zero-order chi connectivity index (χ0) is 17.2. The molecule has 1 unspecified atom stereocenters. The maximum atomic E-state index is 12.3. The number of amides is 1. The van der Waals surface area contributed by atoms with Gasteiger partial charge in [-0.25, -0.2) is 0 Å². The lowest BCUT2D eigenvalue weighted by Crippen LogP contribution is -2.29. The van der Waals surface area contributed by atoms with Crippen LogP contribution in [0, 0.1) is 0 Å². The van der Waals surface area contributed by atoms with Crippen molar-refractivity contribution in [2.75, 3.05) is 4.90 Å². The van der Waals surface area contributed by atoms with E-state index in [0.29, 0.717) is 5.13 Å². The molecule has 3 heterocycles. The van der Waals surface area contributed by atoms with Crippen molar-refractivity contribution in [3.8, 4) is 0 Å². The molecule has 0 saturated carbocycles. The Hall–Kier alpha value is -2.16. The third-order valence-corrected chi connectivity index (χ3v) is 6.74. The summed E-state index contributed by atoms with van der Waals surface area (Å²) in [5, 5.41) is 20.7. The Kier molecular flexibility index (Phi) is 4.56. The molecule has 25 heavy (non-hydrogen) atoms. The van der Waals surface area contributed by atoms with Crippen LogP contribution >= 0.6 is 34.4 Å². The smallest absolute Gasteiger partial charge is 0.295 e. The van der Waals surface area contributed by atoms with Crippen LogP contribution in [0.3, 0.4) is 0 Å².